The molecule has 0 saturated carbocycles. The molecule has 0 atom stereocenters. The van der Waals surface area contributed by atoms with Crippen LogP contribution in [0.4, 0.5) is 5.82 Å². The fourth-order valence-electron chi connectivity index (χ4n) is 1.50. The van der Waals surface area contributed by atoms with Crippen molar-refractivity contribution in [2.45, 2.75) is 13.5 Å². The Morgan fingerprint density at radius 2 is 2.18 bits per heavy atom. The highest BCUT2D eigenvalue weighted by molar-refractivity contribution is 9.10. The van der Waals surface area contributed by atoms with E-state index >= 15 is 0 Å². The lowest BCUT2D eigenvalue weighted by Gasteiger charge is -2.04. The number of halogens is 1. The van der Waals surface area contributed by atoms with Gasteiger partial charge in [0, 0.05) is 23.7 Å². The number of carbonyl (C=O) groups is 1. The predicted octanol–water partition coefficient (Wildman–Crippen LogP) is 2.65. The molecule has 0 bridgehead atoms. The molecule has 1 heterocycles. The maximum absolute atomic E-state index is 10.9. The minimum atomic E-state index is -0.115. The van der Waals surface area contributed by atoms with Crippen LogP contribution in [0.3, 0.4) is 0 Å². The van der Waals surface area contributed by atoms with E-state index in [2.05, 4.69) is 26.3 Å². The van der Waals surface area contributed by atoms with Gasteiger partial charge in [-0.2, -0.15) is 5.10 Å². The predicted molar refractivity (Wildman–Crippen MR) is 69.8 cm³/mol. The molecule has 2 rings (SSSR count). The quantitative estimate of drug-likeness (QED) is 0.946. The molecule has 1 N–H and O–H groups in total. The maximum atomic E-state index is 10.9. The zero-order chi connectivity index (χ0) is 12.3. The van der Waals surface area contributed by atoms with Gasteiger partial charge in [-0.1, -0.05) is 34.1 Å². The van der Waals surface area contributed by atoms with Gasteiger partial charge in [0.15, 0.2) is 5.82 Å². The van der Waals surface area contributed by atoms with Gasteiger partial charge in [0.05, 0.1) is 6.54 Å². The van der Waals surface area contributed by atoms with Crippen molar-refractivity contribution in [2.75, 3.05) is 5.32 Å². The maximum Gasteiger partial charge on any atom is 0.222 e. The van der Waals surface area contributed by atoms with E-state index in [1.807, 2.05) is 30.5 Å². The average Bonchev–Trinajstić information content (AvgIpc) is 2.68. The van der Waals surface area contributed by atoms with Gasteiger partial charge in [0.1, 0.15) is 0 Å². The molecule has 0 unspecified atom stereocenters. The van der Waals surface area contributed by atoms with Crippen LogP contribution >= 0.6 is 15.9 Å². The first kappa shape index (κ1) is 11.9. The van der Waals surface area contributed by atoms with Crippen LogP contribution in [0.25, 0.3) is 0 Å². The Morgan fingerprint density at radius 3 is 2.88 bits per heavy atom. The third kappa shape index (κ3) is 3.17. The number of hydrogen-bond donors (Lipinski definition) is 1. The monoisotopic (exact) mass is 293 g/mol. The fourth-order valence-corrected chi connectivity index (χ4v) is 1.91. The van der Waals surface area contributed by atoms with Gasteiger partial charge >= 0.3 is 0 Å². The normalized spacial score (nSPS) is 10.2. The fraction of sp³-hybridized carbons (Fsp3) is 0.167. The first-order valence-corrected chi connectivity index (χ1v) is 5.99. The highest BCUT2D eigenvalue weighted by Gasteiger charge is 2.03. The average molecular weight is 294 g/mol. The summed E-state index contributed by atoms with van der Waals surface area (Å²) in [6.45, 7) is 2.13. The minimum absolute atomic E-state index is 0.115. The van der Waals surface area contributed by atoms with Crippen molar-refractivity contribution in [3.05, 3.63) is 46.6 Å². The number of nitrogens with zero attached hydrogens (tertiary/aromatic N) is 2. The van der Waals surface area contributed by atoms with E-state index in [-0.39, 0.29) is 5.91 Å². The topological polar surface area (TPSA) is 46.9 Å². The Bertz CT molecular complexity index is 536. The number of nitrogens with one attached hydrogen (secondary N) is 1. The van der Waals surface area contributed by atoms with Crippen LogP contribution in [0.1, 0.15) is 12.5 Å². The largest absolute Gasteiger partial charge is 0.309 e. The lowest BCUT2D eigenvalue weighted by molar-refractivity contribution is -0.114. The van der Waals surface area contributed by atoms with Crippen LogP contribution in [0.2, 0.25) is 0 Å². The van der Waals surface area contributed by atoms with Crippen LogP contribution in [-0.2, 0) is 11.3 Å². The number of rotatable bonds is 3. The number of anilines is 1. The number of aromatic nitrogens is 2. The molecule has 0 aliphatic rings. The molecule has 2 aromatic rings. The standard InChI is InChI=1S/C12H12BrN3O/c1-9(17)14-12-6-7-16(15-12)8-10-4-2-3-5-11(10)13/h2-7H,8H2,1H3,(H,14,15,17). The molecule has 0 radical (unpaired) electrons. The van der Waals surface area contributed by atoms with Crippen LogP contribution in [0.5, 0.6) is 0 Å². The second-order valence-electron chi connectivity index (χ2n) is 3.67. The summed E-state index contributed by atoms with van der Waals surface area (Å²) in [6, 6.07) is 9.76. The molecule has 0 aliphatic heterocycles. The number of benzene rings is 1. The van der Waals surface area contributed by atoms with Crippen molar-refractivity contribution in [3.8, 4) is 0 Å². The number of amides is 1. The van der Waals surface area contributed by atoms with Crippen molar-refractivity contribution in [1.82, 2.24) is 9.78 Å². The molecule has 4 nitrogen and oxygen atoms in total. The lowest BCUT2D eigenvalue weighted by Crippen LogP contribution is -2.07. The number of carbonyl (C=O) groups excluding carboxylic acids is 1. The summed E-state index contributed by atoms with van der Waals surface area (Å²) in [5, 5.41) is 6.89. The van der Waals surface area contributed by atoms with E-state index < -0.39 is 0 Å². The highest BCUT2D eigenvalue weighted by Crippen LogP contribution is 2.17. The summed E-state index contributed by atoms with van der Waals surface area (Å²) in [7, 11) is 0. The van der Waals surface area contributed by atoms with Crippen LogP contribution in [-0.4, -0.2) is 15.7 Å². The Kier molecular flexibility index (Phi) is 3.58. The summed E-state index contributed by atoms with van der Waals surface area (Å²) in [5.74, 6) is 0.459. The van der Waals surface area contributed by atoms with Crippen molar-refractivity contribution in [3.63, 3.8) is 0 Å². The van der Waals surface area contributed by atoms with E-state index in [1.165, 1.54) is 6.92 Å². The molecule has 1 aromatic carbocycles. The van der Waals surface area contributed by atoms with Crippen molar-refractivity contribution in [1.29, 1.82) is 0 Å². The van der Waals surface area contributed by atoms with Gasteiger partial charge in [-0.3, -0.25) is 9.48 Å². The summed E-state index contributed by atoms with van der Waals surface area (Å²) in [4.78, 5) is 10.9. The summed E-state index contributed by atoms with van der Waals surface area (Å²) < 4.78 is 2.84. The lowest BCUT2D eigenvalue weighted by atomic mass is 10.2. The molecule has 0 fully saturated rings. The molecule has 0 spiro atoms. The van der Waals surface area contributed by atoms with Gasteiger partial charge in [-0.05, 0) is 11.6 Å². The zero-order valence-corrected chi connectivity index (χ0v) is 10.9. The molecular weight excluding hydrogens is 282 g/mol. The summed E-state index contributed by atoms with van der Waals surface area (Å²) >= 11 is 3.49. The van der Waals surface area contributed by atoms with Crippen molar-refractivity contribution >= 4 is 27.7 Å². The molecule has 0 aliphatic carbocycles. The SMILES string of the molecule is CC(=O)Nc1ccn(Cc2ccccc2Br)n1. The molecule has 1 amide bonds. The molecular formula is C12H12BrN3O. The van der Waals surface area contributed by atoms with E-state index in [4.69, 9.17) is 0 Å². The van der Waals surface area contributed by atoms with E-state index in [0.717, 1.165) is 10.0 Å². The third-order valence-electron chi connectivity index (χ3n) is 2.23. The van der Waals surface area contributed by atoms with Crippen LogP contribution in [0.15, 0.2) is 41.0 Å². The van der Waals surface area contributed by atoms with Crippen molar-refractivity contribution in [2.24, 2.45) is 0 Å². The van der Waals surface area contributed by atoms with Gasteiger partial charge < -0.3 is 5.32 Å². The first-order chi connectivity index (χ1) is 8.15. The smallest absolute Gasteiger partial charge is 0.222 e. The zero-order valence-electron chi connectivity index (χ0n) is 9.35. The third-order valence-corrected chi connectivity index (χ3v) is 3.01. The van der Waals surface area contributed by atoms with E-state index in [1.54, 1.807) is 10.7 Å². The Balaban J connectivity index is 2.12. The molecule has 88 valence electrons. The van der Waals surface area contributed by atoms with E-state index in [0.29, 0.717) is 12.4 Å². The summed E-state index contributed by atoms with van der Waals surface area (Å²) in [5.41, 5.74) is 1.14. The van der Waals surface area contributed by atoms with Gasteiger partial charge in [0.2, 0.25) is 5.91 Å². The number of hydrogen-bond acceptors (Lipinski definition) is 2. The molecule has 0 saturated heterocycles. The minimum Gasteiger partial charge on any atom is -0.309 e. The Hall–Kier alpha value is -1.62. The van der Waals surface area contributed by atoms with Gasteiger partial charge in [-0.15, -0.1) is 0 Å². The second-order valence-corrected chi connectivity index (χ2v) is 4.53. The Morgan fingerprint density at radius 1 is 1.41 bits per heavy atom. The summed E-state index contributed by atoms with van der Waals surface area (Å²) in [6.07, 6.45) is 1.84. The first-order valence-electron chi connectivity index (χ1n) is 5.19. The van der Waals surface area contributed by atoms with Crippen LogP contribution < -0.4 is 5.32 Å². The highest BCUT2D eigenvalue weighted by atomic mass is 79.9. The van der Waals surface area contributed by atoms with Gasteiger partial charge in [0.25, 0.3) is 0 Å². The molecule has 17 heavy (non-hydrogen) atoms. The van der Waals surface area contributed by atoms with Gasteiger partial charge in [-0.25, -0.2) is 0 Å². The van der Waals surface area contributed by atoms with Crippen molar-refractivity contribution < 1.29 is 4.79 Å². The molecule has 1 aromatic heterocycles. The molecule has 5 heteroatoms. The van der Waals surface area contributed by atoms with Crippen LogP contribution in [0, 0.1) is 0 Å². The second kappa shape index (κ2) is 5.14. The Labute approximate surface area is 108 Å². The van der Waals surface area contributed by atoms with E-state index in [9.17, 15) is 4.79 Å².